The summed E-state index contributed by atoms with van der Waals surface area (Å²) in [6, 6.07) is 11.2. The highest BCUT2D eigenvalue weighted by Crippen LogP contribution is 2.56. The van der Waals surface area contributed by atoms with E-state index in [1.165, 1.54) is 23.1 Å². The fraction of sp³-hybridized carbons (Fsp3) is 0.267. The zero-order valence-corrected chi connectivity index (χ0v) is 22.9. The smallest absolute Gasteiger partial charge is 0.233 e. The van der Waals surface area contributed by atoms with Crippen molar-refractivity contribution in [3.8, 4) is 11.5 Å². The Morgan fingerprint density at radius 2 is 1.67 bits per heavy atom. The predicted molar refractivity (Wildman–Crippen MR) is 146 cm³/mol. The zero-order valence-electron chi connectivity index (χ0n) is 20.6. The van der Waals surface area contributed by atoms with Crippen LogP contribution in [-0.2, 0) is 25.6 Å². The van der Waals surface area contributed by atoms with Gasteiger partial charge in [0.2, 0.25) is 11.8 Å². The number of ketones is 2. The van der Waals surface area contributed by atoms with Crippen molar-refractivity contribution in [2.75, 3.05) is 6.54 Å². The highest BCUT2D eigenvalue weighted by atomic mass is 79.9. The molecule has 0 bridgehead atoms. The molecule has 0 unspecified atom stereocenters. The quantitative estimate of drug-likeness (QED) is 0.294. The summed E-state index contributed by atoms with van der Waals surface area (Å²) in [5.41, 5.74) is 2.91. The Bertz CT molecular complexity index is 1560. The van der Waals surface area contributed by atoms with Crippen LogP contribution in [0.25, 0.3) is 0 Å². The molecule has 6 rings (SSSR count). The number of carbonyl (C=O) groups is 4. The second-order valence-electron chi connectivity index (χ2n) is 10.3. The van der Waals surface area contributed by atoms with Gasteiger partial charge in [0.25, 0.3) is 0 Å². The first-order chi connectivity index (χ1) is 18.7. The Balaban J connectivity index is 1.39. The van der Waals surface area contributed by atoms with E-state index in [2.05, 4.69) is 15.9 Å². The van der Waals surface area contributed by atoms with Gasteiger partial charge in [0.05, 0.1) is 16.3 Å². The number of hydrogen-bond donors (Lipinski definition) is 2. The molecule has 2 amide bonds. The van der Waals surface area contributed by atoms with Crippen molar-refractivity contribution in [2.45, 2.75) is 25.2 Å². The minimum Gasteiger partial charge on any atom is -0.508 e. The summed E-state index contributed by atoms with van der Waals surface area (Å²) in [7, 11) is 0. The molecule has 2 aromatic carbocycles. The fourth-order valence-corrected chi connectivity index (χ4v) is 7.23. The number of carbonyl (C=O) groups excluding carboxylic acids is 4. The molecule has 4 aliphatic rings. The fourth-order valence-electron chi connectivity index (χ4n) is 6.50. The van der Waals surface area contributed by atoms with Gasteiger partial charge in [-0.2, -0.15) is 0 Å². The lowest BCUT2D eigenvalue weighted by Gasteiger charge is -2.42. The number of Topliss-reactive ketones (excluding diaryl/α,β-unsaturated/α-hetero) is 1. The van der Waals surface area contributed by atoms with Gasteiger partial charge in [0, 0.05) is 34.7 Å². The van der Waals surface area contributed by atoms with Crippen LogP contribution in [-0.4, -0.2) is 45.0 Å². The van der Waals surface area contributed by atoms with Gasteiger partial charge in [-0.05, 0) is 76.5 Å². The van der Waals surface area contributed by atoms with Crippen LogP contribution in [0.2, 0.25) is 5.02 Å². The van der Waals surface area contributed by atoms with Crippen molar-refractivity contribution in [1.82, 2.24) is 4.90 Å². The number of amides is 2. The van der Waals surface area contributed by atoms with Crippen LogP contribution < -0.4 is 0 Å². The Kier molecular flexibility index (Phi) is 6.35. The van der Waals surface area contributed by atoms with Crippen LogP contribution in [0, 0.1) is 17.8 Å². The van der Waals surface area contributed by atoms with Crippen LogP contribution in [0.4, 0.5) is 0 Å². The van der Waals surface area contributed by atoms with Gasteiger partial charge in [-0.25, -0.2) is 0 Å². The van der Waals surface area contributed by atoms with Crippen LogP contribution in [0.1, 0.15) is 29.9 Å². The summed E-state index contributed by atoms with van der Waals surface area (Å²) >= 11 is 9.77. The number of likely N-dealkylation sites (tertiary alicyclic amines) is 1. The van der Waals surface area contributed by atoms with E-state index >= 15 is 0 Å². The monoisotopic (exact) mass is 607 g/mol. The summed E-state index contributed by atoms with van der Waals surface area (Å²) in [4.78, 5) is 55.1. The summed E-state index contributed by atoms with van der Waals surface area (Å²) in [5, 5.41) is 19.7. The normalized spacial score (nSPS) is 26.3. The number of nitrogens with zero attached hydrogens (tertiary/aromatic N) is 1. The van der Waals surface area contributed by atoms with Crippen molar-refractivity contribution in [3.63, 3.8) is 0 Å². The molecule has 1 aliphatic heterocycles. The Morgan fingerprint density at radius 3 is 2.38 bits per heavy atom. The molecule has 198 valence electrons. The minimum atomic E-state index is -0.671. The first-order valence-electron chi connectivity index (χ1n) is 12.7. The van der Waals surface area contributed by atoms with Crippen LogP contribution in [0.3, 0.4) is 0 Å². The van der Waals surface area contributed by atoms with Crippen LogP contribution in [0.5, 0.6) is 11.5 Å². The summed E-state index contributed by atoms with van der Waals surface area (Å²) in [6.45, 7) is 0.213. The molecule has 3 aliphatic carbocycles. The number of allylic oxidation sites excluding steroid dienone is 6. The lowest BCUT2D eigenvalue weighted by Crippen LogP contribution is -2.39. The van der Waals surface area contributed by atoms with E-state index in [1.807, 2.05) is 6.08 Å². The number of phenols is 2. The first kappa shape index (κ1) is 25.8. The van der Waals surface area contributed by atoms with Crippen molar-refractivity contribution in [2.24, 2.45) is 17.8 Å². The van der Waals surface area contributed by atoms with E-state index in [0.29, 0.717) is 29.6 Å². The topological polar surface area (TPSA) is 112 Å². The van der Waals surface area contributed by atoms with Gasteiger partial charge in [-0.1, -0.05) is 41.4 Å². The molecule has 4 atom stereocenters. The number of phenolic OH excluding ortho intramolecular Hbond substituents is 2. The van der Waals surface area contributed by atoms with Gasteiger partial charge in [-0.15, -0.1) is 0 Å². The van der Waals surface area contributed by atoms with E-state index in [-0.39, 0.29) is 57.4 Å². The molecule has 0 aromatic heterocycles. The lowest BCUT2D eigenvalue weighted by atomic mass is 9.59. The maximum absolute atomic E-state index is 13.8. The van der Waals surface area contributed by atoms with E-state index < -0.39 is 23.7 Å². The highest BCUT2D eigenvalue weighted by molar-refractivity contribution is 9.12. The van der Waals surface area contributed by atoms with Gasteiger partial charge in [0.1, 0.15) is 11.5 Å². The van der Waals surface area contributed by atoms with Crippen molar-refractivity contribution >= 4 is 50.9 Å². The molecule has 1 fully saturated rings. The third-order valence-electron chi connectivity index (χ3n) is 8.28. The Labute approximate surface area is 237 Å². The Hall–Kier alpha value is -3.49. The summed E-state index contributed by atoms with van der Waals surface area (Å²) in [5.74, 6) is -3.34. The Morgan fingerprint density at radius 1 is 0.949 bits per heavy atom. The van der Waals surface area contributed by atoms with E-state index in [0.717, 1.165) is 11.1 Å². The molecule has 0 saturated carbocycles. The van der Waals surface area contributed by atoms with Crippen molar-refractivity contribution < 1.29 is 29.4 Å². The number of fused-ring (bicyclic) bond motifs is 3. The van der Waals surface area contributed by atoms with E-state index in [9.17, 15) is 29.4 Å². The summed E-state index contributed by atoms with van der Waals surface area (Å²) in [6.07, 6.45) is 4.17. The third-order valence-corrected chi connectivity index (χ3v) is 9.19. The van der Waals surface area contributed by atoms with Crippen molar-refractivity contribution in [1.29, 1.82) is 0 Å². The maximum atomic E-state index is 13.8. The standard InChI is InChI=1S/C30H23BrClNO6/c31-22-13-24(36)27-21(28(22)37)12-20-17(25(27)18-6-5-16(35)11-23(18)32)7-8-19-26(20)30(39)33(29(19)38)10-9-14-1-3-15(34)4-2-14/h1-7,11,13,19-20,25-26,34-35H,8-10,12H2/t19-,20+,25+,26-/m0/s1. The van der Waals surface area contributed by atoms with Gasteiger partial charge in [-0.3, -0.25) is 24.1 Å². The van der Waals surface area contributed by atoms with E-state index in [4.69, 9.17) is 11.6 Å². The number of hydrogen-bond acceptors (Lipinski definition) is 6. The van der Waals surface area contributed by atoms with Crippen LogP contribution >= 0.6 is 27.5 Å². The molecule has 1 heterocycles. The average molecular weight is 609 g/mol. The third kappa shape index (κ3) is 4.17. The number of imide groups is 1. The average Bonchev–Trinajstić information content (AvgIpc) is 3.15. The molecular formula is C30H23BrClNO6. The second kappa shape index (κ2) is 9.61. The van der Waals surface area contributed by atoms with Gasteiger partial charge < -0.3 is 10.2 Å². The summed E-state index contributed by atoms with van der Waals surface area (Å²) < 4.78 is 0.158. The highest BCUT2D eigenvalue weighted by Gasteiger charge is 2.56. The van der Waals surface area contributed by atoms with Crippen LogP contribution in [0.15, 0.2) is 75.8 Å². The molecule has 2 N–H and O–H groups in total. The number of benzene rings is 2. The van der Waals surface area contributed by atoms with Crippen molar-refractivity contribution in [3.05, 3.63) is 92.0 Å². The molecule has 2 aromatic rings. The largest absolute Gasteiger partial charge is 0.508 e. The zero-order chi connectivity index (χ0) is 27.6. The molecule has 7 nitrogen and oxygen atoms in total. The number of halogens is 2. The van der Waals surface area contributed by atoms with E-state index in [1.54, 1.807) is 30.3 Å². The van der Waals surface area contributed by atoms with Gasteiger partial charge in [0.15, 0.2) is 11.6 Å². The molecule has 1 saturated heterocycles. The minimum absolute atomic E-state index is 0.0301. The maximum Gasteiger partial charge on any atom is 0.233 e. The molecule has 0 radical (unpaired) electrons. The SMILES string of the molecule is O=C1C=C(Br)C(=O)C2=C1[C@@H](c1ccc(O)cc1Cl)C1=CC[C@@H]3C(=O)N(CCc4ccc(O)cc4)C(=O)[C@@H]3[C@@H]1C2. The predicted octanol–water partition coefficient (Wildman–Crippen LogP) is 4.76. The molecule has 0 spiro atoms. The second-order valence-corrected chi connectivity index (χ2v) is 11.6. The number of rotatable bonds is 4. The van der Waals surface area contributed by atoms with Gasteiger partial charge >= 0.3 is 0 Å². The molecule has 9 heteroatoms. The first-order valence-corrected chi connectivity index (χ1v) is 13.8. The number of aromatic hydroxyl groups is 2. The molecular weight excluding hydrogens is 586 g/mol. The lowest BCUT2D eigenvalue weighted by molar-refractivity contribution is -0.140. The molecule has 39 heavy (non-hydrogen) atoms.